The summed E-state index contributed by atoms with van der Waals surface area (Å²) in [6.07, 6.45) is 3.96. The standard InChI is InChI=1S/C31H31N3O2/c35-29-21-33(19-9-14-22-10-3-1-4-11-22)31(36)28-20-25-24-15-7-8-16-26(24)32-30(25)27(34(28)29)18-17-23-12-5-2-6-13-23/h1-8,10-13,15-16,27-28,32H,9,14,17-21H2. The van der Waals surface area contributed by atoms with E-state index < -0.39 is 6.04 Å². The lowest BCUT2D eigenvalue weighted by Gasteiger charge is -2.47. The number of aromatic amines is 1. The lowest BCUT2D eigenvalue weighted by molar-refractivity contribution is -0.159. The van der Waals surface area contributed by atoms with Gasteiger partial charge in [-0.2, -0.15) is 0 Å². The Bertz CT molecular complexity index is 1380. The molecule has 2 atom stereocenters. The van der Waals surface area contributed by atoms with Gasteiger partial charge in [-0.25, -0.2) is 0 Å². The van der Waals surface area contributed by atoms with Crippen molar-refractivity contribution in [3.8, 4) is 0 Å². The number of nitrogens with zero attached hydrogens (tertiary/aromatic N) is 2. The fraction of sp³-hybridized carbons (Fsp3) is 0.290. The highest BCUT2D eigenvalue weighted by atomic mass is 16.2. The fourth-order valence-corrected chi connectivity index (χ4v) is 6.00. The van der Waals surface area contributed by atoms with Gasteiger partial charge in [0.25, 0.3) is 0 Å². The van der Waals surface area contributed by atoms with E-state index in [2.05, 4.69) is 53.5 Å². The third-order valence-corrected chi connectivity index (χ3v) is 7.75. The van der Waals surface area contributed by atoms with Gasteiger partial charge in [-0.3, -0.25) is 9.59 Å². The van der Waals surface area contributed by atoms with Gasteiger partial charge in [0, 0.05) is 29.6 Å². The van der Waals surface area contributed by atoms with Crippen molar-refractivity contribution in [2.24, 2.45) is 0 Å². The molecule has 0 saturated carbocycles. The van der Waals surface area contributed by atoms with E-state index in [9.17, 15) is 9.59 Å². The van der Waals surface area contributed by atoms with E-state index in [1.165, 1.54) is 22.1 Å². The van der Waals surface area contributed by atoms with Crippen molar-refractivity contribution in [2.45, 2.75) is 44.2 Å². The molecular formula is C31H31N3O2. The Balaban J connectivity index is 1.27. The summed E-state index contributed by atoms with van der Waals surface area (Å²) in [5.41, 5.74) is 5.87. The molecule has 2 aliphatic rings. The summed E-state index contributed by atoms with van der Waals surface area (Å²) in [6.45, 7) is 0.779. The lowest BCUT2D eigenvalue weighted by atomic mass is 9.86. The Morgan fingerprint density at radius 2 is 1.47 bits per heavy atom. The maximum atomic E-state index is 13.8. The molecule has 1 fully saturated rings. The Morgan fingerprint density at radius 1 is 0.806 bits per heavy atom. The van der Waals surface area contributed by atoms with Gasteiger partial charge in [-0.1, -0.05) is 78.9 Å². The quantitative estimate of drug-likeness (QED) is 0.404. The highest BCUT2D eigenvalue weighted by molar-refractivity contribution is 5.97. The van der Waals surface area contributed by atoms with Gasteiger partial charge >= 0.3 is 0 Å². The Kier molecular flexibility index (Phi) is 6.06. The molecular weight excluding hydrogens is 446 g/mol. The molecule has 3 aromatic carbocycles. The molecule has 3 heterocycles. The number of nitrogens with one attached hydrogen (secondary N) is 1. The number of carbonyl (C=O) groups is 2. The second-order valence-corrected chi connectivity index (χ2v) is 9.97. The van der Waals surface area contributed by atoms with Crippen LogP contribution in [-0.2, 0) is 28.9 Å². The summed E-state index contributed by atoms with van der Waals surface area (Å²) in [4.78, 5) is 34.6. The Hall–Kier alpha value is -3.86. The molecule has 182 valence electrons. The van der Waals surface area contributed by atoms with Crippen molar-refractivity contribution >= 4 is 22.7 Å². The van der Waals surface area contributed by atoms with E-state index in [4.69, 9.17) is 0 Å². The van der Waals surface area contributed by atoms with Gasteiger partial charge in [0.05, 0.1) is 12.6 Å². The number of aromatic nitrogens is 1. The molecule has 1 aromatic heterocycles. The van der Waals surface area contributed by atoms with Gasteiger partial charge in [0.15, 0.2) is 0 Å². The zero-order valence-corrected chi connectivity index (χ0v) is 20.4. The number of para-hydroxylation sites is 1. The Labute approximate surface area is 211 Å². The van der Waals surface area contributed by atoms with E-state index in [-0.39, 0.29) is 24.4 Å². The van der Waals surface area contributed by atoms with Crippen molar-refractivity contribution in [3.05, 3.63) is 107 Å². The third-order valence-electron chi connectivity index (χ3n) is 7.75. The first-order chi connectivity index (χ1) is 17.7. The van der Waals surface area contributed by atoms with Crippen LogP contribution >= 0.6 is 0 Å². The molecule has 0 radical (unpaired) electrons. The predicted molar refractivity (Wildman–Crippen MR) is 141 cm³/mol. The van der Waals surface area contributed by atoms with E-state index >= 15 is 0 Å². The first-order valence-corrected chi connectivity index (χ1v) is 13.0. The number of piperazine rings is 1. The third kappa shape index (κ3) is 4.19. The molecule has 2 amide bonds. The highest BCUT2D eigenvalue weighted by Crippen LogP contribution is 2.41. The van der Waals surface area contributed by atoms with Gasteiger partial charge in [-0.15, -0.1) is 0 Å². The van der Waals surface area contributed by atoms with Crippen LogP contribution in [0.5, 0.6) is 0 Å². The average molecular weight is 478 g/mol. The maximum absolute atomic E-state index is 13.8. The number of fused-ring (bicyclic) bond motifs is 4. The number of hydrogen-bond acceptors (Lipinski definition) is 2. The molecule has 2 unspecified atom stereocenters. The van der Waals surface area contributed by atoms with Crippen LogP contribution in [0.25, 0.3) is 10.9 Å². The summed E-state index contributed by atoms with van der Waals surface area (Å²) in [6, 6.07) is 28.4. The van der Waals surface area contributed by atoms with Gasteiger partial charge < -0.3 is 14.8 Å². The molecule has 6 rings (SSSR count). The largest absolute Gasteiger partial charge is 0.356 e. The monoisotopic (exact) mass is 477 g/mol. The molecule has 1 N–H and O–H groups in total. The molecule has 36 heavy (non-hydrogen) atoms. The summed E-state index contributed by atoms with van der Waals surface area (Å²) in [5.74, 6) is 0.144. The van der Waals surface area contributed by atoms with E-state index in [1.807, 2.05) is 41.3 Å². The average Bonchev–Trinajstić information content (AvgIpc) is 3.29. The summed E-state index contributed by atoms with van der Waals surface area (Å²) in [7, 11) is 0. The van der Waals surface area contributed by atoms with Crippen LogP contribution in [0.1, 0.15) is 41.3 Å². The van der Waals surface area contributed by atoms with Crippen LogP contribution in [0.4, 0.5) is 0 Å². The number of carbonyl (C=O) groups excluding carboxylic acids is 2. The Morgan fingerprint density at radius 3 is 2.22 bits per heavy atom. The topological polar surface area (TPSA) is 56.4 Å². The summed E-state index contributed by atoms with van der Waals surface area (Å²) in [5, 5.41) is 1.17. The second kappa shape index (κ2) is 9.65. The zero-order chi connectivity index (χ0) is 24.5. The molecule has 5 nitrogen and oxygen atoms in total. The molecule has 0 bridgehead atoms. The highest BCUT2D eigenvalue weighted by Gasteiger charge is 2.47. The number of aryl methyl sites for hydroxylation is 2. The van der Waals surface area contributed by atoms with Crippen LogP contribution in [-0.4, -0.2) is 45.7 Å². The van der Waals surface area contributed by atoms with Crippen LogP contribution in [0, 0.1) is 0 Å². The number of H-pyrrole nitrogens is 1. The zero-order valence-electron chi connectivity index (χ0n) is 20.4. The van der Waals surface area contributed by atoms with E-state index in [0.717, 1.165) is 36.9 Å². The van der Waals surface area contributed by atoms with Crippen molar-refractivity contribution in [2.75, 3.05) is 13.1 Å². The smallest absolute Gasteiger partial charge is 0.246 e. The number of benzene rings is 3. The van der Waals surface area contributed by atoms with Crippen LogP contribution < -0.4 is 0 Å². The summed E-state index contributed by atoms with van der Waals surface area (Å²) < 4.78 is 0. The van der Waals surface area contributed by atoms with Crippen LogP contribution in [0.2, 0.25) is 0 Å². The van der Waals surface area contributed by atoms with Crippen LogP contribution in [0.3, 0.4) is 0 Å². The first-order valence-electron chi connectivity index (χ1n) is 13.0. The number of hydrogen-bond donors (Lipinski definition) is 1. The van der Waals surface area contributed by atoms with Gasteiger partial charge in [0.1, 0.15) is 6.04 Å². The minimum absolute atomic E-state index is 0.0571. The minimum atomic E-state index is -0.435. The SMILES string of the molecule is O=C1C2Cc3c([nH]c4ccccc34)C(CCc3ccccc3)N2C(=O)CN1CCCc1ccccc1. The molecule has 1 saturated heterocycles. The molecule has 0 aliphatic carbocycles. The van der Waals surface area contributed by atoms with Gasteiger partial charge in [0.2, 0.25) is 11.8 Å². The van der Waals surface area contributed by atoms with E-state index in [0.29, 0.717) is 13.0 Å². The van der Waals surface area contributed by atoms with Gasteiger partial charge in [-0.05, 0) is 48.4 Å². The van der Waals surface area contributed by atoms with Crippen molar-refractivity contribution in [1.82, 2.24) is 14.8 Å². The molecule has 4 aromatic rings. The molecule has 2 aliphatic heterocycles. The maximum Gasteiger partial charge on any atom is 0.246 e. The van der Waals surface area contributed by atoms with E-state index in [1.54, 1.807) is 4.90 Å². The van der Waals surface area contributed by atoms with Crippen molar-refractivity contribution in [3.63, 3.8) is 0 Å². The molecule has 5 heteroatoms. The minimum Gasteiger partial charge on any atom is -0.356 e. The van der Waals surface area contributed by atoms with Crippen LogP contribution in [0.15, 0.2) is 84.9 Å². The predicted octanol–water partition coefficient (Wildman–Crippen LogP) is 5.07. The fourth-order valence-electron chi connectivity index (χ4n) is 6.00. The normalized spacial score (nSPS) is 19.4. The van der Waals surface area contributed by atoms with Crippen molar-refractivity contribution in [1.29, 1.82) is 0 Å². The second-order valence-electron chi connectivity index (χ2n) is 9.97. The molecule has 0 spiro atoms. The van der Waals surface area contributed by atoms with Crippen molar-refractivity contribution < 1.29 is 9.59 Å². The summed E-state index contributed by atoms with van der Waals surface area (Å²) >= 11 is 0. The first kappa shape index (κ1) is 22.6. The number of amides is 2. The number of rotatable bonds is 7. The lowest BCUT2D eigenvalue weighted by Crippen LogP contribution is -2.63.